The predicted molar refractivity (Wildman–Crippen MR) is 70.0 cm³/mol. The summed E-state index contributed by atoms with van der Waals surface area (Å²) >= 11 is 0. The van der Waals surface area contributed by atoms with Crippen LogP contribution in [-0.4, -0.2) is 16.6 Å². The number of benzene rings is 1. The third-order valence-electron chi connectivity index (χ3n) is 3.65. The second kappa shape index (κ2) is 5.13. The van der Waals surface area contributed by atoms with E-state index in [2.05, 4.69) is 10.1 Å². The lowest BCUT2D eigenvalue weighted by molar-refractivity contribution is 0.216. The van der Waals surface area contributed by atoms with Gasteiger partial charge >= 0.3 is 0 Å². The molecule has 0 spiro atoms. The Morgan fingerprint density at radius 3 is 2.84 bits per heavy atom. The Balaban J connectivity index is 1.76. The molecule has 1 unspecified atom stereocenters. The Morgan fingerprint density at radius 1 is 1.37 bits per heavy atom. The molecule has 19 heavy (non-hydrogen) atoms. The standard InChI is InChI=1S/C15H17FN2O/c1-11-9-14(19-17-11)10-18-8-2-3-15(18)12-4-6-13(16)7-5-12/h4-7,9,15H,2-3,8,10H2,1H3. The van der Waals surface area contributed by atoms with Crippen LogP contribution in [0.2, 0.25) is 0 Å². The number of halogens is 1. The van der Waals surface area contributed by atoms with E-state index in [9.17, 15) is 4.39 Å². The number of aromatic nitrogens is 1. The number of aryl methyl sites for hydroxylation is 1. The third kappa shape index (κ3) is 2.68. The molecule has 0 bridgehead atoms. The summed E-state index contributed by atoms with van der Waals surface area (Å²) in [4.78, 5) is 2.37. The highest BCUT2D eigenvalue weighted by Gasteiger charge is 2.26. The van der Waals surface area contributed by atoms with Crippen molar-refractivity contribution in [2.75, 3.05) is 6.54 Å². The maximum atomic E-state index is 13.0. The van der Waals surface area contributed by atoms with E-state index in [1.807, 2.05) is 25.1 Å². The highest BCUT2D eigenvalue weighted by molar-refractivity contribution is 5.21. The van der Waals surface area contributed by atoms with Gasteiger partial charge in [0.05, 0.1) is 12.2 Å². The zero-order chi connectivity index (χ0) is 13.2. The lowest BCUT2D eigenvalue weighted by Gasteiger charge is -2.23. The second-order valence-electron chi connectivity index (χ2n) is 5.11. The van der Waals surface area contributed by atoms with E-state index in [0.29, 0.717) is 6.04 Å². The van der Waals surface area contributed by atoms with Gasteiger partial charge in [-0.1, -0.05) is 17.3 Å². The fourth-order valence-corrected chi connectivity index (χ4v) is 2.77. The van der Waals surface area contributed by atoms with Gasteiger partial charge in [-0.3, -0.25) is 4.90 Å². The van der Waals surface area contributed by atoms with Crippen LogP contribution in [0.5, 0.6) is 0 Å². The van der Waals surface area contributed by atoms with E-state index in [1.165, 1.54) is 17.7 Å². The molecule has 0 amide bonds. The molecule has 1 atom stereocenters. The van der Waals surface area contributed by atoms with E-state index >= 15 is 0 Å². The van der Waals surface area contributed by atoms with Crippen LogP contribution in [0.4, 0.5) is 4.39 Å². The summed E-state index contributed by atoms with van der Waals surface area (Å²) < 4.78 is 18.3. The minimum Gasteiger partial charge on any atom is -0.360 e. The number of nitrogens with zero attached hydrogens (tertiary/aromatic N) is 2. The number of rotatable bonds is 3. The van der Waals surface area contributed by atoms with Gasteiger partial charge in [-0.25, -0.2) is 4.39 Å². The molecule has 1 saturated heterocycles. The van der Waals surface area contributed by atoms with E-state index < -0.39 is 0 Å². The van der Waals surface area contributed by atoms with E-state index in [4.69, 9.17) is 4.52 Å². The van der Waals surface area contributed by atoms with Crippen molar-refractivity contribution in [2.24, 2.45) is 0 Å². The minimum atomic E-state index is -0.181. The summed E-state index contributed by atoms with van der Waals surface area (Å²) in [7, 11) is 0. The molecule has 1 aromatic carbocycles. The van der Waals surface area contributed by atoms with Crippen LogP contribution in [0.1, 0.15) is 35.9 Å². The lowest BCUT2D eigenvalue weighted by atomic mass is 10.0. The van der Waals surface area contributed by atoms with E-state index in [1.54, 1.807) is 0 Å². The van der Waals surface area contributed by atoms with Crippen molar-refractivity contribution in [2.45, 2.75) is 32.4 Å². The summed E-state index contributed by atoms with van der Waals surface area (Å²) in [6.07, 6.45) is 2.27. The molecule has 3 rings (SSSR count). The molecular formula is C15H17FN2O. The molecule has 100 valence electrons. The van der Waals surface area contributed by atoms with Gasteiger partial charge in [0, 0.05) is 12.1 Å². The molecule has 2 aromatic rings. The molecule has 4 heteroatoms. The summed E-state index contributed by atoms with van der Waals surface area (Å²) in [5.74, 6) is 0.714. The minimum absolute atomic E-state index is 0.181. The quantitative estimate of drug-likeness (QED) is 0.846. The van der Waals surface area contributed by atoms with Crippen molar-refractivity contribution >= 4 is 0 Å². The summed E-state index contributed by atoms with van der Waals surface area (Å²) in [6, 6.07) is 9.15. The third-order valence-corrected chi connectivity index (χ3v) is 3.65. The van der Waals surface area contributed by atoms with Crippen molar-refractivity contribution in [1.82, 2.24) is 10.1 Å². The Morgan fingerprint density at radius 2 is 2.16 bits per heavy atom. The second-order valence-corrected chi connectivity index (χ2v) is 5.11. The maximum Gasteiger partial charge on any atom is 0.150 e. The van der Waals surface area contributed by atoms with Crippen LogP contribution in [0, 0.1) is 12.7 Å². The zero-order valence-corrected chi connectivity index (χ0v) is 11.0. The highest BCUT2D eigenvalue weighted by Crippen LogP contribution is 2.33. The molecule has 0 aliphatic carbocycles. The van der Waals surface area contributed by atoms with Crippen LogP contribution >= 0.6 is 0 Å². The first-order chi connectivity index (χ1) is 9.22. The topological polar surface area (TPSA) is 29.3 Å². The molecular weight excluding hydrogens is 243 g/mol. The predicted octanol–water partition coefficient (Wildman–Crippen LogP) is 3.46. The molecule has 0 saturated carbocycles. The van der Waals surface area contributed by atoms with Gasteiger partial charge < -0.3 is 4.52 Å². The smallest absolute Gasteiger partial charge is 0.150 e. The van der Waals surface area contributed by atoms with E-state index in [0.717, 1.165) is 37.4 Å². The molecule has 1 aliphatic heterocycles. The van der Waals surface area contributed by atoms with Gasteiger partial charge in [0.15, 0.2) is 5.76 Å². The monoisotopic (exact) mass is 260 g/mol. The fraction of sp³-hybridized carbons (Fsp3) is 0.400. The first kappa shape index (κ1) is 12.4. The Kier molecular flexibility index (Phi) is 3.34. The Bertz CT molecular complexity index is 550. The first-order valence-corrected chi connectivity index (χ1v) is 6.64. The van der Waals surface area contributed by atoms with Gasteiger partial charge in [-0.2, -0.15) is 0 Å². The van der Waals surface area contributed by atoms with Gasteiger partial charge in [0.2, 0.25) is 0 Å². The summed E-state index contributed by atoms with van der Waals surface area (Å²) in [6.45, 7) is 3.74. The summed E-state index contributed by atoms with van der Waals surface area (Å²) in [5, 5.41) is 3.92. The average molecular weight is 260 g/mol. The van der Waals surface area contributed by atoms with Crippen molar-refractivity contribution in [3.8, 4) is 0 Å². The van der Waals surface area contributed by atoms with Crippen LogP contribution < -0.4 is 0 Å². The molecule has 3 nitrogen and oxygen atoms in total. The molecule has 0 radical (unpaired) electrons. The molecule has 1 aliphatic rings. The Hall–Kier alpha value is -1.68. The number of likely N-dealkylation sites (tertiary alicyclic amines) is 1. The molecule has 2 heterocycles. The zero-order valence-electron chi connectivity index (χ0n) is 11.0. The van der Waals surface area contributed by atoms with Crippen molar-refractivity contribution < 1.29 is 8.91 Å². The van der Waals surface area contributed by atoms with Crippen LogP contribution in [0.25, 0.3) is 0 Å². The van der Waals surface area contributed by atoms with Crippen molar-refractivity contribution in [3.63, 3.8) is 0 Å². The first-order valence-electron chi connectivity index (χ1n) is 6.64. The Labute approximate surface area is 112 Å². The molecule has 0 N–H and O–H groups in total. The average Bonchev–Trinajstić information content (AvgIpc) is 3.00. The summed E-state index contributed by atoms with van der Waals surface area (Å²) in [5.41, 5.74) is 2.09. The van der Waals surface area contributed by atoms with Crippen molar-refractivity contribution in [1.29, 1.82) is 0 Å². The van der Waals surface area contributed by atoms with Crippen LogP contribution in [0.3, 0.4) is 0 Å². The number of hydrogen-bond donors (Lipinski definition) is 0. The van der Waals surface area contributed by atoms with Gasteiger partial charge in [0.1, 0.15) is 5.82 Å². The lowest BCUT2D eigenvalue weighted by Crippen LogP contribution is -2.22. The van der Waals surface area contributed by atoms with Gasteiger partial charge in [-0.15, -0.1) is 0 Å². The van der Waals surface area contributed by atoms with Crippen molar-refractivity contribution in [3.05, 3.63) is 53.2 Å². The SMILES string of the molecule is Cc1cc(CN2CCCC2c2ccc(F)cc2)on1. The molecule has 1 aromatic heterocycles. The van der Waals surface area contributed by atoms with Crippen LogP contribution in [-0.2, 0) is 6.54 Å². The fourth-order valence-electron chi connectivity index (χ4n) is 2.77. The normalized spacial score (nSPS) is 20.0. The maximum absolute atomic E-state index is 13.0. The van der Waals surface area contributed by atoms with E-state index in [-0.39, 0.29) is 5.82 Å². The van der Waals surface area contributed by atoms with Crippen LogP contribution in [0.15, 0.2) is 34.9 Å². The number of hydrogen-bond acceptors (Lipinski definition) is 3. The largest absolute Gasteiger partial charge is 0.360 e. The van der Waals surface area contributed by atoms with Gasteiger partial charge in [-0.05, 0) is 44.0 Å². The highest BCUT2D eigenvalue weighted by atomic mass is 19.1. The van der Waals surface area contributed by atoms with Gasteiger partial charge in [0.25, 0.3) is 0 Å². The molecule has 1 fully saturated rings.